The van der Waals surface area contributed by atoms with Crippen LogP contribution in [0.25, 0.3) is 0 Å². The Labute approximate surface area is 201 Å². The van der Waals surface area contributed by atoms with E-state index >= 15 is 0 Å². The minimum Gasteiger partial charge on any atom is -0.349 e. The lowest BCUT2D eigenvalue weighted by atomic mass is 10.1. The lowest BCUT2D eigenvalue weighted by Crippen LogP contribution is -2.26. The molecule has 1 aliphatic rings. The highest BCUT2D eigenvalue weighted by molar-refractivity contribution is 6.53. The zero-order valence-electron chi connectivity index (χ0n) is 14.9. The highest BCUT2D eigenvalue weighted by atomic mass is 35.5. The Kier molecular flexibility index (Phi) is 7.33. The number of hydrogen-bond donors (Lipinski definition) is 2. The number of anilines is 1. The van der Waals surface area contributed by atoms with Gasteiger partial charge in [-0.1, -0.05) is 46.4 Å². The molecule has 0 spiro atoms. The van der Waals surface area contributed by atoms with E-state index in [0.717, 1.165) is 0 Å². The normalized spacial score (nSPS) is 19.3. The molecule has 3 rings (SSSR count). The molecule has 0 saturated heterocycles. The summed E-state index contributed by atoms with van der Waals surface area (Å²) in [5, 5.41) is 5.78. The molecule has 0 aromatic heterocycles. The van der Waals surface area contributed by atoms with Crippen LogP contribution < -0.4 is 10.6 Å². The van der Waals surface area contributed by atoms with Gasteiger partial charge in [-0.25, -0.2) is 4.39 Å². The molecule has 2 aromatic rings. The predicted molar refractivity (Wildman–Crippen MR) is 121 cm³/mol. The summed E-state index contributed by atoms with van der Waals surface area (Å²) in [7, 11) is 0. The number of amides is 2. The molecular weight excluding hydrogens is 520 g/mol. The molecule has 0 radical (unpaired) electrons. The molecule has 1 fully saturated rings. The van der Waals surface area contributed by atoms with Gasteiger partial charge in [-0.05, 0) is 35.9 Å². The van der Waals surface area contributed by atoms with Crippen molar-refractivity contribution in [3.63, 3.8) is 0 Å². The van der Waals surface area contributed by atoms with Crippen LogP contribution in [-0.2, 0) is 4.79 Å². The van der Waals surface area contributed by atoms with Gasteiger partial charge in [0.25, 0.3) is 5.91 Å². The van der Waals surface area contributed by atoms with Crippen LogP contribution >= 0.6 is 69.6 Å². The Hall–Kier alpha value is -0.950. The van der Waals surface area contributed by atoms with E-state index in [1.807, 2.05) is 0 Å². The van der Waals surface area contributed by atoms with Gasteiger partial charge in [-0.2, -0.15) is 0 Å². The molecule has 2 N–H and O–H groups in total. The number of alkyl halides is 3. The topological polar surface area (TPSA) is 58.2 Å². The minimum absolute atomic E-state index is 0.00935. The van der Waals surface area contributed by atoms with Crippen LogP contribution in [0.3, 0.4) is 0 Å². The molecule has 30 heavy (non-hydrogen) atoms. The standard InChI is InChI=1S/C19H13Cl6FN2O2/c20-9-3-8(4-10(21)5-9)14-15(19(14,24)25)18(30)28-11-6-12(16(23)13(22)7-11)17(29)27-2-1-26/h3-7,14-15H,1-2H2,(H,27,29)(H,28,30). The van der Waals surface area contributed by atoms with Crippen LogP contribution in [0.1, 0.15) is 21.8 Å². The van der Waals surface area contributed by atoms with Crippen molar-refractivity contribution in [1.82, 2.24) is 5.32 Å². The lowest BCUT2D eigenvalue weighted by Gasteiger charge is -2.11. The Morgan fingerprint density at radius 3 is 2.23 bits per heavy atom. The lowest BCUT2D eigenvalue weighted by molar-refractivity contribution is -0.117. The molecule has 1 aliphatic carbocycles. The van der Waals surface area contributed by atoms with Crippen LogP contribution in [0.4, 0.5) is 10.1 Å². The third-order valence-electron chi connectivity index (χ3n) is 4.50. The zero-order valence-corrected chi connectivity index (χ0v) is 19.5. The number of hydrogen-bond acceptors (Lipinski definition) is 2. The zero-order chi connectivity index (χ0) is 22.2. The summed E-state index contributed by atoms with van der Waals surface area (Å²) >= 11 is 36.9. The average molecular weight is 533 g/mol. The summed E-state index contributed by atoms with van der Waals surface area (Å²) in [6.07, 6.45) is 0. The van der Waals surface area contributed by atoms with E-state index in [4.69, 9.17) is 69.6 Å². The summed E-state index contributed by atoms with van der Waals surface area (Å²) in [6, 6.07) is 7.54. The molecule has 2 amide bonds. The van der Waals surface area contributed by atoms with Gasteiger partial charge >= 0.3 is 0 Å². The van der Waals surface area contributed by atoms with Crippen LogP contribution in [0.5, 0.6) is 0 Å². The molecule has 2 unspecified atom stereocenters. The molecule has 11 heteroatoms. The van der Waals surface area contributed by atoms with Crippen LogP contribution in [-0.4, -0.2) is 29.4 Å². The number of nitrogens with one attached hydrogen (secondary N) is 2. The highest BCUT2D eigenvalue weighted by Crippen LogP contribution is 2.65. The van der Waals surface area contributed by atoms with Crippen molar-refractivity contribution in [3.05, 3.63) is 61.5 Å². The van der Waals surface area contributed by atoms with Gasteiger partial charge < -0.3 is 10.6 Å². The molecule has 4 nitrogen and oxygen atoms in total. The van der Waals surface area contributed by atoms with Crippen molar-refractivity contribution in [3.8, 4) is 0 Å². The van der Waals surface area contributed by atoms with Gasteiger partial charge in [-0.3, -0.25) is 9.59 Å². The predicted octanol–water partition coefficient (Wildman–Crippen LogP) is 6.53. The second kappa shape index (κ2) is 9.27. The maximum atomic E-state index is 12.8. The maximum Gasteiger partial charge on any atom is 0.253 e. The van der Waals surface area contributed by atoms with Gasteiger partial charge in [0.15, 0.2) is 0 Å². The van der Waals surface area contributed by atoms with Gasteiger partial charge in [0, 0.05) is 28.2 Å². The number of benzene rings is 2. The highest BCUT2D eigenvalue weighted by Gasteiger charge is 2.67. The number of rotatable bonds is 6. The van der Waals surface area contributed by atoms with Crippen LogP contribution in [0, 0.1) is 5.92 Å². The Balaban J connectivity index is 1.82. The average Bonchev–Trinajstić information content (AvgIpc) is 3.24. The van der Waals surface area contributed by atoms with E-state index in [1.54, 1.807) is 18.2 Å². The first-order valence-corrected chi connectivity index (χ1v) is 10.8. The molecule has 2 atom stereocenters. The summed E-state index contributed by atoms with van der Waals surface area (Å²) < 4.78 is 11.0. The fraction of sp³-hybridized carbons (Fsp3) is 0.263. The number of halogens is 7. The molecule has 0 heterocycles. The molecule has 0 aliphatic heterocycles. The van der Waals surface area contributed by atoms with E-state index in [1.165, 1.54) is 12.1 Å². The number of carbonyl (C=O) groups excluding carboxylic acids is 2. The summed E-state index contributed by atoms with van der Waals surface area (Å²) in [5.74, 6) is -2.45. The second-order valence-electron chi connectivity index (χ2n) is 6.59. The first-order chi connectivity index (χ1) is 14.1. The molecule has 2 aromatic carbocycles. The van der Waals surface area contributed by atoms with E-state index in [0.29, 0.717) is 15.6 Å². The van der Waals surface area contributed by atoms with E-state index in [9.17, 15) is 14.0 Å². The second-order valence-corrected chi connectivity index (χ2v) is 9.69. The minimum atomic E-state index is -1.37. The van der Waals surface area contributed by atoms with Crippen molar-refractivity contribution >= 4 is 87.1 Å². The van der Waals surface area contributed by atoms with Crippen LogP contribution in [0.2, 0.25) is 20.1 Å². The van der Waals surface area contributed by atoms with Gasteiger partial charge in [0.2, 0.25) is 5.91 Å². The Morgan fingerprint density at radius 1 is 1.00 bits per heavy atom. The smallest absolute Gasteiger partial charge is 0.253 e. The number of carbonyl (C=O) groups is 2. The third-order valence-corrected chi connectivity index (χ3v) is 6.68. The van der Waals surface area contributed by atoms with Crippen molar-refractivity contribution in [2.24, 2.45) is 5.92 Å². The van der Waals surface area contributed by atoms with Crippen LogP contribution in [0.15, 0.2) is 30.3 Å². The van der Waals surface area contributed by atoms with Gasteiger partial charge in [0.05, 0.1) is 21.5 Å². The monoisotopic (exact) mass is 530 g/mol. The van der Waals surface area contributed by atoms with Crippen molar-refractivity contribution in [2.45, 2.75) is 10.3 Å². The SMILES string of the molecule is O=C(NCCF)c1cc(NC(=O)C2C(c3cc(Cl)cc(Cl)c3)C2(Cl)Cl)cc(Cl)c1Cl. The summed E-state index contributed by atoms with van der Waals surface area (Å²) in [5.41, 5.74) is 0.821. The quantitative estimate of drug-likeness (QED) is 0.416. The fourth-order valence-electron chi connectivity index (χ4n) is 3.12. The molecule has 160 valence electrons. The maximum absolute atomic E-state index is 12.8. The van der Waals surface area contributed by atoms with Crippen molar-refractivity contribution in [2.75, 3.05) is 18.5 Å². The fourth-order valence-corrected chi connectivity index (χ4v) is 4.91. The van der Waals surface area contributed by atoms with Gasteiger partial charge in [-0.15, -0.1) is 23.2 Å². The largest absolute Gasteiger partial charge is 0.349 e. The van der Waals surface area contributed by atoms with E-state index in [-0.39, 0.29) is 27.8 Å². The molecule has 0 bridgehead atoms. The van der Waals surface area contributed by atoms with E-state index in [2.05, 4.69) is 10.6 Å². The first kappa shape index (κ1) is 23.7. The third kappa shape index (κ3) is 4.93. The van der Waals surface area contributed by atoms with Crippen molar-refractivity contribution in [1.29, 1.82) is 0 Å². The van der Waals surface area contributed by atoms with Gasteiger partial charge in [0.1, 0.15) is 11.0 Å². The first-order valence-electron chi connectivity index (χ1n) is 8.54. The van der Waals surface area contributed by atoms with Crippen molar-refractivity contribution < 1.29 is 14.0 Å². The Bertz CT molecular complexity index is 997. The summed E-state index contributed by atoms with van der Waals surface area (Å²) in [4.78, 5) is 25.0. The summed E-state index contributed by atoms with van der Waals surface area (Å²) in [6.45, 7) is -0.923. The van der Waals surface area contributed by atoms with E-state index < -0.39 is 34.7 Å². The molecular formula is C19H13Cl6FN2O2. The Morgan fingerprint density at radius 2 is 1.63 bits per heavy atom. The molecule has 1 saturated carbocycles.